The minimum Gasteiger partial charge on any atom is -0.383 e. The zero-order chi connectivity index (χ0) is 13.8. The summed E-state index contributed by atoms with van der Waals surface area (Å²) >= 11 is 0. The van der Waals surface area contributed by atoms with E-state index in [2.05, 4.69) is 4.72 Å². The first-order valence-electron chi connectivity index (χ1n) is 5.49. The van der Waals surface area contributed by atoms with Crippen molar-refractivity contribution in [2.45, 2.75) is 24.8 Å². The topological polar surface area (TPSA) is 72.5 Å². The average Bonchev–Trinajstić information content (AvgIpc) is 2.28. The molecule has 0 aliphatic heterocycles. The fourth-order valence-electron chi connectivity index (χ4n) is 1.49. The molecular formula is C12H17NO4S. The van der Waals surface area contributed by atoms with Crippen LogP contribution >= 0.6 is 0 Å². The maximum Gasteiger partial charge on any atom is 0.240 e. The Morgan fingerprint density at radius 2 is 1.89 bits per heavy atom. The molecule has 1 aromatic rings. The van der Waals surface area contributed by atoms with Crippen molar-refractivity contribution in [3.8, 4) is 0 Å². The Balaban J connectivity index is 2.88. The van der Waals surface area contributed by atoms with Crippen LogP contribution in [0.4, 0.5) is 0 Å². The monoisotopic (exact) mass is 271 g/mol. The standard InChI is InChI=1S/C12H17NO4S/c1-9(8-17-3)13-18(15,16)12-6-4-11(5-7-12)10(2)14/h4-7,9,13H,8H2,1-3H3. The summed E-state index contributed by atoms with van der Waals surface area (Å²) in [6, 6.07) is 5.51. The number of Topliss-reactive ketones (excluding diaryl/α,β-unsaturated/α-hetero) is 1. The molecule has 0 saturated carbocycles. The predicted octanol–water partition coefficient (Wildman–Crippen LogP) is 1.20. The number of ketones is 1. The third-order valence-corrected chi connectivity index (χ3v) is 3.95. The normalized spacial score (nSPS) is 13.3. The van der Waals surface area contributed by atoms with Gasteiger partial charge in [0.2, 0.25) is 10.0 Å². The summed E-state index contributed by atoms with van der Waals surface area (Å²) in [5.41, 5.74) is 0.485. The maximum absolute atomic E-state index is 11.9. The number of carbonyl (C=O) groups is 1. The summed E-state index contributed by atoms with van der Waals surface area (Å²) < 4.78 is 31.2. The van der Waals surface area contributed by atoms with Crippen LogP contribution in [-0.4, -0.2) is 34.0 Å². The molecule has 0 aromatic heterocycles. The largest absolute Gasteiger partial charge is 0.383 e. The van der Waals surface area contributed by atoms with Crippen LogP contribution in [0.1, 0.15) is 24.2 Å². The van der Waals surface area contributed by atoms with Crippen LogP contribution in [0.15, 0.2) is 29.2 Å². The van der Waals surface area contributed by atoms with Gasteiger partial charge in [-0.2, -0.15) is 0 Å². The first-order chi connectivity index (χ1) is 8.36. The minimum atomic E-state index is -3.57. The number of ether oxygens (including phenoxy) is 1. The molecule has 0 heterocycles. The molecule has 1 rings (SSSR count). The highest BCUT2D eigenvalue weighted by atomic mass is 32.2. The first-order valence-corrected chi connectivity index (χ1v) is 6.97. The molecule has 5 nitrogen and oxygen atoms in total. The van der Waals surface area contributed by atoms with E-state index in [1.807, 2.05) is 0 Å². The summed E-state index contributed by atoms with van der Waals surface area (Å²) in [6.45, 7) is 3.44. The van der Waals surface area contributed by atoms with Crippen LogP contribution < -0.4 is 4.72 Å². The Bertz CT molecular complexity index is 507. The fourth-order valence-corrected chi connectivity index (χ4v) is 2.71. The third-order valence-electron chi connectivity index (χ3n) is 2.34. The molecule has 0 fully saturated rings. The molecule has 0 aliphatic carbocycles. The molecule has 100 valence electrons. The molecule has 6 heteroatoms. The lowest BCUT2D eigenvalue weighted by atomic mass is 10.2. The number of nitrogens with one attached hydrogen (secondary N) is 1. The Labute approximate surface area is 107 Å². The number of hydrogen-bond acceptors (Lipinski definition) is 4. The zero-order valence-electron chi connectivity index (χ0n) is 10.6. The Hall–Kier alpha value is -1.24. The van der Waals surface area contributed by atoms with E-state index in [9.17, 15) is 13.2 Å². The van der Waals surface area contributed by atoms with Crippen LogP contribution in [-0.2, 0) is 14.8 Å². The van der Waals surface area contributed by atoms with Gasteiger partial charge in [0.25, 0.3) is 0 Å². The number of hydrogen-bond donors (Lipinski definition) is 1. The number of benzene rings is 1. The molecule has 0 spiro atoms. The van der Waals surface area contributed by atoms with Crippen LogP contribution in [0.5, 0.6) is 0 Å². The van der Waals surface area contributed by atoms with Gasteiger partial charge in [-0.3, -0.25) is 4.79 Å². The van der Waals surface area contributed by atoms with E-state index in [1.165, 1.54) is 38.3 Å². The van der Waals surface area contributed by atoms with Gasteiger partial charge < -0.3 is 4.74 Å². The fraction of sp³-hybridized carbons (Fsp3) is 0.417. The summed E-state index contributed by atoms with van der Waals surface area (Å²) in [4.78, 5) is 11.2. The van der Waals surface area contributed by atoms with E-state index in [0.717, 1.165) is 0 Å². The van der Waals surface area contributed by atoms with E-state index in [1.54, 1.807) is 6.92 Å². The molecule has 0 radical (unpaired) electrons. The van der Waals surface area contributed by atoms with Crippen LogP contribution in [0, 0.1) is 0 Å². The maximum atomic E-state index is 11.9. The van der Waals surface area contributed by atoms with Crippen molar-refractivity contribution in [3.05, 3.63) is 29.8 Å². The highest BCUT2D eigenvalue weighted by Gasteiger charge is 2.17. The molecule has 18 heavy (non-hydrogen) atoms. The van der Waals surface area contributed by atoms with Crippen LogP contribution in [0.25, 0.3) is 0 Å². The van der Waals surface area contributed by atoms with Gasteiger partial charge in [-0.15, -0.1) is 0 Å². The van der Waals surface area contributed by atoms with Gasteiger partial charge in [0.05, 0.1) is 11.5 Å². The van der Waals surface area contributed by atoms with E-state index >= 15 is 0 Å². The first kappa shape index (κ1) is 14.8. The minimum absolute atomic E-state index is 0.0975. The van der Waals surface area contributed by atoms with Crippen molar-refractivity contribution >= 4 is 15.8 Å². The number of rotatable bonds is 6. The number of sulfonamides is 1. The Kier molecular flexibility index (Phi) is 5.01. The summed E-state index contributed by atoms with van der Waals surface area (Å²) in [6.07, 6.45) is 0. The average molecular weight is 271 g/mol. The van der Waals surface area contributed by atoms with Crippen LogP contribution in [0.3, 0.4) is 0 Å². The second-order valence-electron chi connectivity index (χ2n) is 4.06. The van der Waals surface area contributed by atoms with Gasteiger partial charge >= 0.3 is 0 Å². The summed E-state index contributed by atoms with van der Waals surface area (Å²) in [5, 5.41) is 0. The van der Waals surface area contributed by atoms with E-state index in [-0.39, 0.29) is 16.7 Å². The van der Waals surface area contributed by atoms with E-state index in [4.69, 9.17) is 4.74 Å². The smallest absolute Gasteiger partial charge is 0.240 e. The van der Waals surface area contributed by atoms with Gasteiger partial charge in [-0.25, -0.2) is 13.1 Å². The van der Waals surface area contributed by atoms with E-state index < -0.39 is 10.0 Å². The van der Waals surface area contributed by atoms with Gasteiger partial charge in [-0.1, -0.05) is 12.1 Å². The zero-order valence-corrected chi connectivity index (χ0v) is 11.5. The molecule has 1 unspecified atom stereocenters. The molecule has 0 bridgehead atoms. The third kappa shape index (κ3) is 3.90. The second kappa shape index (κ2) is 6.08. The predicted molar refractivity (Wildman–Crippen MR) is 68.1 cm³/mol. The van der Waals surface area contributed by atoms with Crippen molar-refractivity contribution in [2.24, 2.45) is 0 Å². The summed E-state index contributed by atoms with van der Waals surface area (Å²) in [7, 11) is -2.06. The van der Waals surface area contributed by atoms with Crippen molar-refractivity contribution < 1.29 is 17.9 Å². The van der Waals surface area contributed by atoms with Crippen molar-refractivity contribution in [1.82, 2.24) is 4.72 Å². The van der Waals surface area contributed by atoms with Crippen LogP contribution in [0.2, 0.25) is 0 Å². The van der Waals surface area contributed by atoms with Gasteiger partial charge in [0.1, 0.15) is 0 Å². The summed E-state index contributed by atoms with van der Waals surface area (Å²) in [5.74, 6) is -0.0975. The molecule has 1 atom stereocenters. The van der Waals surface area contributed by atoms with Gasteiger partial charge in [0.15, 0.2) is 5.78 Å². The van der Waals surface area contributed by atoms with Crippen molar-refractivity contribution in [1.29, 1.82) is 0 Å². The van der Waals surface area contributed by atoms with Crippen molar-refractivity contribution in [3.63, 3.8) is 0 Å². The molecule has 0 aliphatic rings. The van der Waals surface area contributed by atoms with Gasteiger partial charge in [0, 0.05) is 18.7 Å². The Morgan fingerprint density at radius 3 is 2.33 bits per heavy atom. The highest BCUT2D eigenvalue weighted by molar-refractivity contribution is 7.89. The molecule has 0 amide bonds. The quantitative estimate of drug-likeness (QED) is 0.789. The van der Waals surface area contributed by atoms with Crippen molar-refractivity contribution in [2.75, 3.05) is 13.7 Å². The molecule has 1 N–H and O–H groups in total. The lowest BCUT2D eigenvalue weighted by molar-refractivity contribution is 0.101. The van der Waals surface area contributed by atoms with Gasteiger partial charge in [-0.05, 0) is 26.0 Å². The second-order valence-corrected chi connectivity index (χ2v) is 5.77. The molecule has 0 saturated heterocycles. The number of carbonyl (C=O) groups excluding carboxylic acids is 1. The lowest BCUT2D eigenvalue weighted by Crippen LogP contribution is -2.35. The Morgan fingerprint density at radius 1 is 1.33 bits per heavy atom. The lowest BCUT2D eigenvalue weighted by Gasteiger charge is -2.13. The van der Waals surface area contributed by atoms with E-state index in [0.29, 0.717) is 12.2 Å². The molecular weight excluding hydrogens is 254 g/mol. The highest BCUT2D eigenvalue weighted by Crippen LogP contribution is 2.11. The molecule has 1 aromatic carbocycles. The number of methoxy groups -OCH3 is 1. The SMILES string of the molecule is COCC(C)NS(=O)(=O)c1ccc(C(C)=O)cc1.